The molecule has 0 bridgehead atoms. The van der Waals surface area contributed by atoms with Crippen molar-refractivity contribution < 1.29 is 8.42 Å². The van der Waals surface area contributed by atoms with Gasteiger partial charge in [-0.1, -0.05) is 18.2 Å². The predicted molar refractivity (Wildman–Crippen MR) is 66.9 cm³/mol. The van der Waals surface area contributed by atoms with Gasteiger partial charge in [-0.15, -0.1) is 0 Å². The van der Waals surface area contributed by atoms with Crippen LogP contribution in [0.25, 0.3) is 0 Å². The maximum atomic E-state index is 12.1. The van der Waals surface area contributed by atoms with Gasteiger partial charge >= 0.3 is 0 Å². The summed E-state index contributed by atoms with van der Waals surface area (Å²) in [5.41, 5.74) is 0.151. The van der Waals surface area contributed by atoms with E-state index in [0.29, 0.717) is 5.69 Å². The summed E-state index contributed by atoms with van der Waals surface area (Å²) in [7, 11) is -3.48. The normalized spacial score (nSPS) is 11.4. The Balaban J connectivity index is 2.37. The van der Waals surface area contributed by atoms with Crippen molar-refractivity contribution in [1.29, 1.82) is 0 Å². The molecule has 0 aliphatic carbocycles. The van der Waals surface area contributed by atoms with E-state index in [9.17, 15) is 13.2 Å². The van der Waals surface area contributed by atoms with Gasteiger partial charge in [0.25, 0.3) is 5.56 Å². The Labute approximate surface area is 104 Å². The lowest BCUT2D eigenvalue weighted by Gasteiger charge is -2.04. The average molecular weight is 264 g/mol. The molecule has 5 nitrogen and oxygen atoms in total. The van der Waals surface area contributed by atoms with Crippen LogP contribution in [0, 0.1) is 6.92 Å². The van der Waals surface area contributed by atoms with Gasteiger partial charge in [-0.2, -0.15) is 0 Å². The number of hydrogen-bond donors (Lipinski definition) is 1. The summed E-state index contributed by atoms with van der Waals surface area (Å²) in [6, 6.07) is 9.40. The zero-order valence-corrected chi connectivity index (χ0v) is 10.6. The largest absolute Gasteiger partial charge is 0.310 e. The SMILES string of the molecule is Cc1cc(=O)[nH]c(CS(=O)(=O)c2ccccc2)n1. The first-order chi connectivity index (χ1) is 8.47. The zero-order chi connectivity index (χ0) is 13.2. The number of aromatic nitrogens is 2. The topological polar surface area (TPSA) is 79.9 Å². The molecule has 6 heteroatoms. The van der Waals surface area contributed by atoms with Gasteiger partial charge in [-0.05, 0) is 19.1 Å². The highest BCUT2D eigenvalue weighted by Gasteiger charge is 2.16. The molecule has 0 unspecified atom stereocenters. The van der Waals surface area contributed by atoms with Crippen molar-refractivity contribution in [3.05, 3.63) is 58.3 Å². The maximum Gasteiger partial charge on any atom is 0.251 e. The second kappa shape index (κ2) is 4.73. The van der Waals surface area contributed by atoms with Crippen molar-refractivity contribution in [3.8, 4) is 0 Å². The predicted octanol–water partition coefficient (Wildman–Crippen LogP) is 1.05. The number of aryl methyl sites for hydroxylation is 1. The number of benzene rings is 1. The van der Waals surface area contributed by atoms with Gasteiger partial charge < -0.3 is 4.98 Å². The fourth-order valence-electron chi connectivity index (χ4n) is 1.60. The number of hydrogen-bond acceptors (Lipinski definition) is 4. The Kier molecular flexibility index (Phi) is 3.29. The number of H-pyrrole nitrogens is 1. The van der Waals surface area contributed by atoms with Crippen molar-refractivity contribution in [2.75, 3.05) is 0 Å². The molecule has 0 radical (unpaired) electrons. The third kappa shape index (κ3) is 2.84. The molecule has 18 heavy (non-hydrogen) atoms. The average Bonchev–Trinajstić information content (AvgIpc) is 2.28. The van der Waals surface area contributed by atoms with Gasteiger partial charge in [0.1, 0.15) is 11.6 Å². The summed E-state index contributed by atoms with van der Waals surface area (Å²) in [5, 5.41) is 0. The highest BCUT2D eigenvalue weighted by Crippen LogP contribution is 2.13. The van der Waals surface area contributed by atoms with E-state index in [0.717, 1.165) is 0 Å². The fraction of sp³-hybridized carbons (Fsp3) is 0.167. The monoisotopic (exact) mass is 264 g/mol. The van der Waals surface area contributed by atoms with Gasteiger partial charge in [0.15, 0.2) is 9.84 Å². The van der Waals surface area contributed by atoms with E-state index in [1.165, 1.54) is 18.2 Å². The van der Waals surface area contributed by atoms with Crippen LogP contribution in [-0.4, -0.2) is 18.4 Å². The molecule has 94 valence electrons. The lowest BCUT2D eigenvalue weighted by molar-refractivity contribution is 0.593. The Morgan fingerprint density at radius 2 is 1.89 bits per heavy atom. The summed E-state index contributed by atoms with van der Waals surface area (Å²) < 4.78 is 24.1. The number of rotatable bonds is 3. The molecule has 2 rings (SSSR count). The molecule has 0 aliphatic heterocycles. The van der Waals surface area contributed by atoms with Gasteiger partial charge in [0, 0.05) is 11.8 Å². The molecule has 1 aromatic carbocycles. The molecule has 1 N–H and O–H groups in total. The van der Waals surface area contributed by atoms with Crippen LogP contribution in [0.1, 0.15) is 11.5 Å². The first-order valence-electron chi connectivity index (χ1n) is 5.32. The number of aromatic amines is 1. The minimum atomic E-state index is -3.48. The van der Waals surface area contributed by atoms with Gasteiger partial charge in [-0.25, -0.2) is 13.4 Å². The quantitative estimate of drug-likeness (QED) is 0.898. The van der Waals surface area contributed by atoms with Crippen molar-refractivity contribution >= 4 is 9.84 Å². The molecule has 0 saturated carbocycles. The van der Waals surface area contributed by atoms with Crippen LogP contribution in [0.15, 0.2) is 46.1 Å². The smallest absolute Gasteiger partial charge is 0.251 e. The molecule has 0 saturated heterocycles. The van der Waals surface area contributed by atoms with Crippen LogP contribution in [0.5, 0.6) is 0 Å². The molecule has 1 aromatic heterocycles. The van der Waals surface area contributed by atoms with Crippen LogP contribution in [0.3, 0.4) is 0 Å². The summed E-state index contributed by atoms with van der Waals surface area (Å²) in [4.78, 5) is 17.9. The Bertz CT molecular complexity index is 706. The van der Waals surface area contributed by atoms with Crippen molar-refractivity contribution in [3.63, 3.8) is 0 Å². The minimum absolute atomic E-state index is 0.156. The van der Waals surface area contributed by atoms with Crippen LogP contribution in [0.2, 0.25) is 0 Å². The Morgan fingerprint density at radius 3 is 2.50 bits per heavy atom. The van der Waals surface area contributed by atoms with Crippen LogP contribution < -0.4 is 5.56 Å². The Morgan fingerprint density at radius 1 is 1.22 bits per heavy atom. The van der Waals surface area contributed by atoms with Crippen molar-refractivity contribution in [2.45, 2.75) is 17.6 Å². The van der Waals surface area contributed by atoms with E-state index in [2.05, 4.69) is 9.97 Å². The summed E-state index contributed by atoms with van der Waals surface area (Å²) in [6.07, 6.45) is 0. The van der Waals surface area contributed by atoms with E-state index in [1.807, 2.05) is 0 Å². The van der Waals surface area contributed by atoms with Crippen LogP contribution >= 0.6 is 0 Å². The highest BCUT2D eigenvalue weighted by molar-refractivity contribution is 7.90. The molecule has 0 aliphatic rings. The van der Waals surface area contributed by atoms with E-state index >= 15 is 0 Å². The molecule has 0 amide bonds. The van der Waals surface area contributed by atoms with Crippen molar-refractivity contribution in [2.24, 2.45) is 0 Å². The molecular formula is C12H12N2O3S. The van der Waals surface area contributed by atoms with Gasteiger partial charge in [-0.3, -0.25) is 4.79 Å². The lowest BCUT2D eigenvalue weighted by Crippen LogP contribution is -2.15. The number of nitrogens with one attached hydrogen (secondary N) is 1. The first-order valence-corrected chi connectivity index (χ1v) is 6.97. The second-order valence-electron chi connectivity index (χ2n) is 3.91. The number of sulfone groups is 1. The standard InChI is InChI=1S/C12H12N2O3S/c1-9-7-12(15)14-11(13-9)8-18(16,17)10-5-3-2-4-6-10/h2-7H,8H2,1H3,(H,13,14,15). The lowest BCUT2D eigenvalue weighted by atomic mass is 10.4. The van der Waals surface area contributed by atoms with Crippen LogP contribution in [-0.2, 0) is 15.6 Å². The van der Waals surface area contributed by atoms with Crippen molar-refractivity contribution in [1.82, 2.24) is 9.97 Å². The van der Waals surface area contributed by atoms with Crippen LogP contribution in [0.4, 0.5) is 0 Å². The van der Waals surface area contributed by atoms with Gasteiger partial charge in [0.05, 0.1) is 4.90 Å². The molecular weight excluding hydrogens is 252 g/mol. The molecule has 2 aromatic rings. The molecule has 0 spiro atoms. The van der Waals surface area contributed by atoms with E-state index in [4.69, 9.17) is 0 Å². The first kappa shape index (κ1) is 12.5. The summed E-state index contributed by atoms with van der Waals surface area (Å²) in [6.45, 7) is 1.65. The third-order valence-electron chi connectivity index (χ3n) is 2.35. The third-order valence-corrected chi connectivity index (χ3v) is 3.99. The molecule has 1 heterocycles. The van der Waals surface area contributed by atoms with E-state index < -0.39 is 9.84 Å². The second-order valence-corrected chi connectivity index (χ2v) is 5.90. The molecule has 0 atom stereocenters. The summed E-state index contributed by atoms with van der Waals surface area (Å²) >= 11 is 0. The highest BCUT2D eigenvalue weighted by atomic mass is 32.2. The number of nitrogens with zero attached hydrogens (tertiary/aromatic N) is 1. The molecule has 0 fully saturated rings. The fourth-order valence-corrected chi connectivity index (χ4v) is 2.84. The maximum absolute atomic E-state index is 12.1. The summed E-state index contributed by atoms with van der Waals surface area (Å²) in [5.74, 6) is -0.155. The van der Waals surface area contributed by atoms with Gasteiger partial charge in [0.2, 0.25) is 0 Å². The zero-order valence-electron chi connectivity index (χ0n) is 9.75. The minimum Gasteiger partial charge on any atom is -0.310 e. The Hall–Kier alpha value is -1.95. The van der Waals surface area contributed by atoms with E-state index in [-0.39, 0.29) is 22.0 Å². The van der Waals surface area contributed by atoms with E-state index in [1.54, 1.807) is 25.1 Å².